The molecule has 0 radical (unpaired) electrons. The Morgan fingerprint density at radius 3 is 2.68 bits per heavy atom. The number of carbonyl (C=O) groups is 1. The first-order valence-electron chi connectivity index (χ1n) is 5.99. The smallest absolute Gasteiger partial charge is 0.250 e. The standard InChI is InChI=1S/C11H19N3O3S2/c1-3-6-13-11(15)8(2)14-19(16,17)10-5-4-9(7-12)18-10/h4-5,8,14H,3,6-7,12H2,1-2H3,(H,13,15). The molecule has 0 aromatic carbocycles. The van der Waals surface area contributed by atoms with Crippen LogP contribution in [0.5, 0.6) is 0 Å². The monoisotopic (exact) mass is 305 g/mol. The van der Waals surface area contributed by atoms with E-state index >= 15 is 0 Å². The Bertz CT molecular complexity index is 525. The summed E-state index contributed by atoms with van der Waals surface area (Å²) in [6.45, 7) is 4.27. The van der Waals surface area contributed by atoms with Crippen LogP contribution in [0.4, 0.5) is 0 Å². The Labute approximate surface area is 117 Å². The summed E-state index contributed by atoms with van der Waals surface area (Å²) in [5.41, 5.74) is 5.44. The molecule has 0 spiro atoms. The van der Waals surface area contributed by atoms with Crippen LogP contribution in [0.1, 0.15) is 25.1 Å². The minimum absolute atomic E-state index is 0.170. The van der Waals surface area contributed by atoms with Crippen LogP contribution in [0.2, 0.25) is 0 Å². The predicted octanol–water partition coefficient (Wildman–Crippen LogP) is 0.400. The number of nitrogens with one attached hydrogen (secondary N) is 2. The second-order valence-corrected chi connectivity index (χ2v) is 7.17. The molecule has 19 heavy (non-hydrogen) atoms. The molecule has 0 bridgehead atoms. The van der Waals surface area contributed by atoms with Crippen LogP contribution in [0.25, 0.3) is 0 Å². The van der Waals surface area contributed by atoms with Gasteiger partial charge in [0.05, 0.1) is 6.04 Å². The molecule has 0 aliphatic carbocycles. The van der Waals surface area contributed by atoms with Crippen molar-refractivity contribution in [3.63, 3.8) is 0 Å². The van der Waals surface area contributed by atoms with Gasteiger partial charge in [-0.2, -0.15) is 4.72 Å². The van der Waals surface area contributed by atoms with Gasteiger partial charge in [0, 0.05) is 18.0 Å². The lowest BCUT2D eigenvalue weighted by Gasteiger charge is -2.13. The lowest BCUT2D eigenvalue weighted by Crippen LogP contribution is -2.44. The molecule has 1 amide bonds. The first-order valence-corrected chi connectivity index (χ1v) is 8.29. The fraction of sp³-hybridized carbons (Fsp3) is 0.545. The summed E-state index contributed by atoms with van der Waals surface area (Å²) in [6, 6.07) is 2.35. The van der Waals surface area contributed by atoms with E-state index < -0.39 is 16.1 Å². The van der Waals surface area contributed by atoms with E-state index in [4.69, 9.17) is 5.73 Å². The van der Waals surface area contributed by atoms with E-state index in [-0.39, 0.29) is 10.1 Å². The maximum absolute atomic E-state index is 12.0. The van der Waals surface area contributed by atoms with Gasteiger partial charge < -0.3 is 11.1 Å². The minimum atomic E-state index is -3.67. The molecule has 0 aliphatic heterocycles. The van der Waals surface area contributed by atoms with Gasteiger partial charge in [-0.3, -0.25) is 4.79 Å². The molecule has 0 saturated carbocycles. The van der Waals surface area contributed by atoms with Gasteiger partial charge in [-0.25, -0.2) is 8.42 Å². The number of thiophene rings is 1. The third kappa shape index (κ3) is 4.57. The fourth-order valence-corrected chi connectivity index (χ4v) is 3.81. The summed E-state index contributed by atoms with van der Waals surface area (Å²) >= 11 is 1.10. The van der Waals surface area contributed by atoms with Crippen molar-refractivity contribution in [3.05, 3.63) is 17.0 Å². The van der Waals surface area contributed by atoms with Crippen LogP contribution < -0.4 is 15.8 Å². The van der Waals surface area contributed by atoms with E-state index in [0.717, 1.165) is 22.6 Å². The number of hydrogen-bond donors (Lipinski definition) is 3. The van der Waals surface area contributed by atoms with Gasteiger partial charge in [-0.05, 0) is 25.5 Å². The fourth-order valence-electron chi connectivity index (χ4n) is 1.36. The van der Waals surface area contributed by atoms with Crippen LogP contribution in [-0.4, -0.2) is 26.9 Å². The average Bonchev–Trinajstić information content (AvgIpc) is 2.84. The highest BCUT2D eigenvalue weighted by Gasteiger charge is 2.23. The minimum Gasteiger partial charge on any atom is -0.355 e. The van der Waals surface area contributed by atoms with Gasteiger partial charge in [0.2, 0.25) is 5.91 Å². The van der Waals surface area contributed by atoms with E-state index in [0.29, 0.717) is 13.1 Å². The zero-order valence-electron chi connectivity index (χ0n) is 11.0. The average molecular weight is 305 g/mol. The molecule has 1 heterocycles. The lowest BCUT2D eigenvalue weighted by molar-refractivity contribution is -0.122. The van der Waals surface area contributed by atoms with E-state index in [1.165, 1.54) is 13.0 Å². The number of nitrogens with two attached hydrogens (primary N) is 1. The van der Waals surface area contributed by atoms with E-state index in [1.807, 2.05) is 6.92 Å². The quantitative estimate of drug-likeness (QED) is 0.678. The SMILES string of the molecule is CCCNC(=O)C(C)NS(=O)(=O)c1ccc(CN)s1. The Balaban J connectivity index is 2.71. The van der Waals surface area contributed by atoms with Crippen molar-refractivity contribution in [2.45, 2.75) is 37.1 Å². The van der Waals surface area contributed by atoms with Gasteiger partial charge in [-0.1, -0.05) is 6.92 Å². The van der Waals surface area contributed by atoms with Crippen LogP contribution in [0.15, 0.2) is 16.3 Å². The second kappa shape index (κ2) is 6.99. The first-order chi connectivity index (χ1) is 8.90. The largest absolute Gasteiger partial charge is 0.355 e. The highest BCUT2D eigenvalue weighted by molar-refractivity contribution is 7.91. The van der Waals surface area contributed by atoms with Crippen LogP contribution in [0.3, 0.4) is 0 Å². The zero-order valence-corrected chi connectivity index (χ0v) is 12.6. The normalized spacial score (nSPS) is 13.2. The van der Waals surface area contributed by atoms with Crippen molar-refractivity contribution in [3.8, 4) is 0 Å². The molecule has 6 nitrogen and oxygen atoms in total. The first kappa shape index (κ1) is 16.1. The van der Waals surface area contributed by atoms with E-state index in [9.17, 15) is 13.2 Å². The van der Waals surface area contributed by atoms with Crippen LogP contribution in [-0.2, 0) is 21.4 Å². The number of sulfonamides is 1. The predicted molar refractivity (Wildman–Crippen MR) is 75.3 cm³/mol. The molecular formula is C11H19N3O3S2. The molecule has 1 aromatic rings. The summed E-state index contributed by atoms with van der Waals surface area (Å²) < 4.78 is 26.6. The van der Waals surface area contributed by atoms with E-state index in [2.05, 4.69) is 10.0 Å². The molecule has 1 aromatic heterocycles. The second-order valence-electron chi connectivity index (χ2n) is 4.06. The molecule has 8 heteroatoms. The third-order valence-electron chi connectivity index (χ3n) is 2.38. The van der Waals surface area contributed by atoms with Gasteiger partial charge in [0.25, 0.3) is 10.0 Å². The highest BCUT2D eigenvalue weighted by atomic mass is 32.2. The van der Waals surface area contributed by atoms with Gasteiger partial charge in [-0.15, -0.1) is 11.3 Å². The molecule has 108 valence electrons. The van der Waals surface area contributed by atoms with Gasteiger partial charge in [0.1, 0.15) is 4.21 Å². The Morgan fingerprint density at radius 1 is 1.47 bits per heavy atom. The van der Waals surface area contributed by atoms with Gasteiger partial charge in [0.15, 0.2) is 0 Å². The van der Waals surface area contributed by atoms with Crippen molar-refractivity contribution in [1.82, 2.24) is 10.0 Å². The van der Waals surface area contributed by atoms with Crippen molar-refractivity contribution >= 4 is 27.3 Å². The Hall–Kier alpha value is -0.960. The number of rotatable bonds is 7. The summed E-state index contributed by atoms with van der Waals surface area (Å²) in [7, 11) is -3.67. The molecule has 4 N–H and O–H groups in total. The molecule has 0 fully saturated rings. The third-order valence-corrected chi connectivity index (χ3v) is 5.52. The van der Waals surface area contributed by atoms with Crippen LogP contribution in [0, 0.1) is 0 Å². The Kier molecular flexibility index (Phi) is 5.92. The van der Waals surface area contributed by atoms with Crippen molar-refractivity contribution in [2.24, 2.45) is 5.73 Å². The van der Waals surface area contributed by atoms with Crippen molar-refractivity contribution in [2.75, 3.05) is 6.54 Å². The number of carbonyl (C=O) groups excluding carboxylic acids is 1. The lowest BCUT2D eigenvalue weighted by atomic mass is 10.3. The van der Waals surface area contributed by atoms with Gasteiger partial charge >= 0.3 is 0 Å². The summed E-state index contributed by atoms with van der Waals surface area (Å²) in [4.78, 5) is 12.4. The topological polar surface area (TPSA) is 101 Å². The highest BCUT2D eigenvalue weighted by Crippen LogP contribution is 2.21. The van der Waals surface area contributed by atoms with Crippen molar-refractivity contribution < 1.29 is 13.2 Å². The van der Waals surface area contributed by atoms with Crippen LogP contribution >= 0.6 is 11.3 Å². The molecule has 1 unspecified atom stereocenters. The molecule has 1 atom stereocenters. The number of hydrogen-bond acceptors (Lipinski definition) is 5. The summed E-state index contributed by atoms with van der Waals surface area (Å²) in [5, 5.41) is 2.64. The number of amides is 1. The van der Waals surface area contributed by atoms with Crippen molar-refractivity contribution in [1.29, 1.82) is 0 Å². The molecule has 0 saturated heterocycles. The molecule has 1 rings (SSSR count). The molecule has 0 aliphatic rings. The van der Waals surface area contributed by atoms with E-state index in [1.54, 1.807) is 6.07 Å². The molecular weight excluding hydrogens is 286 g/mol. The summed E-state index contributed by atoms with van der Waals surface area (Å²) in [5.74, 6) is -0.332. The zero-order chi connectivity index (χ0) is 14.5. The maximum atomic E-state index is 12.0. The Morgan fingerprint density at radius 2 is 2.16 bits per heavy atom. The maximum Gasteiger partial charge on any atom is 0.250 e. The summed E-state index contributed by atoms with van der Waals surface area (Å²) in [6.07, 6.45) is 0.802.